The molecule has 0 fully saturated rings. The normalized spacial score (nSPS) is 12.0. The predicted molar refractivity (Wildman–Crippen MR) is 162 cm³/mol. The van der Waals surface area contributed by atoms with Crippen LogP contribution in [0.25, 0.3) is 0 Å². The Morgan fingerprint density at radius 3 is 2.26 bits per heavy atom. The smallest absolute Gasteiger partial charge is 0.243 e. The summed E-state index contributed by atoms with van der Waals surface area (Å²) in [6.45, 7) is 2.23. The molecule has 0 aliphatic heterocycles. The largest absolute Gasteiger partial charge is 0.354 e. The predicted octanol–water partition coefficient (Wildman–Crippen LogP) is 5.98. The third kappa shape index (κ3) is 9.40. The maximum absolute atomic E-state index is 13.9. The highest BCUT2D eigenvalue weighted by Crippen LogP contribution is 2.25. The van der Waals surface area contributed by atoms with Gasteiger partial charge in [0.05, 0.1) is 22.0 Å². The van der Waals surface area contributed by atoms with Gasteiger partial charge in [-0.1, -0.05) is 66.5 Å². The molecule has 1 atom stereocenters. The number of carbonyl (C=O) groups excluding carboxylic acids is 2. The maximum Gasteiger partial charge on any atom is 0.243 e. The molecular weight excluding hydrogens is 607 g/mol. The SMILES string of the molecule is CCCNC(=O)[C@@H](Cc1ccccc1)N(Cc1ccc(Cl)c(Cl)c1)C(=O)CCCN(c1ccc(F)c(F)c1)S(C)(=O)=O. The summed E-state index contributed by atoms with van der Waals surface area (Å²) in [5.41, 5.74) is 1.44. The van der Waals surface area contributed by atoms with Crippen molar-refractivity contribution in [1.82, 2.24) is 10.2 Å². The average Bonchev–Trinajstić information content (AvgIpc) is 2.95. The lowest BCUT2D eigenvalue weighted by atomic mass is 10.0. The van der Waals surface area contributed by atoms with E-state index in [1.807, 2.05) is 37.3 Å². The summed E-state index contributed by atoms with van der Waals surface area (Å²) in [6, 6.07) is 16.2. The maximum atomic E-state index is 13.9. The van der Waals surface area contributed by atoms with Crippen LogP contribution < -0.4 is 9.62 Å². The highest BCUT2D eigenvalue weighted by molar-refractivity contribution is 7.92. The monoisotopic (exact) mass is 639 g/mol. The molecule has 0 aliphatic rings. The van der Waals surface area contributed by atoms with Crippen LogP contribution in [0.1, 0.15) is 37.3 Å². The number of hydrogen-bond donors (Lipinski definition) is 1. The molecule has 0 radical (unpaired) electrons. The van der Waals surface area contributed by atoms with Crippen LogP contribution in [0.15, 0.2) is 66.7 Å². The topological polar surface area (TPSA) is 86.8 Å². The molecule has 0 aromatic heterocycles. The number of sulfonamides is 1. The van der Waals surface area contributed by atoms with Crippen molar-refractivity contribution in [3.8, 4) is 0 Å². The molecule has 0 bridgehead atoms. The minimum atomic E-state index is -3.88. The van der Waals surface area contributed by atoms with Gasteiger partial charge in [0, 0.05) is 38.5 Å². The molecule has 226 valence electrons. The van der Waals surface area contributed by atoms with Gasteiger partial charge < -0.3 is 10.2 Å². The van der Waals surface area contributed by atoms with Gasteiger partial charge in [0.25, 0.3) is 0 Å². The Morgan fingerprint density at radius 2 is 1.64 bits per heavy atom. The minimum Gasteiger partial charge on any atom is -0.354 e. The van der Waals surface area contributed by atoms with Crippen LogP contribution in [0.3, 0.4) is 0 Å². The molecule has 2 amide bonds. The van der Waals surface area contributed by atoms with Crippen LogP contribution in [0.5, 0.6) is 0 Å². The molecule has 3 aromatic carbocycles. The van der Waals surface area contributed by atoms with Crippen LogP contribution in [0.4, 0.5) is 14.5 Å². The summed E-state index contributed by atoms with van der Waals surface area (Å²) in [5.74, 6) is -3.01. The Kier molecular flexibility index (Phi) is 12.1. The third-order valence-corrected chi connectivity index (χ3v) is 8.43. The standard InChI is InChI=1S/C30H33Cl2F2N3O4S/c1-3-15-35-30(39)28(18-21-8-5-4-6-9-21)36(20-22-11-13-24(31)25(32)17-22)29(38)10-7-16-37(42(2,40)41)23-12-14-26(33)27(34)19-23/h4-6,8-9,11-14,17,19,28H,3,7,10,15-16,18,20H2,1-2H3,(H,35,39)/t28-/m1/s1. The zero-order valence-corrected chi connectivity index (χ0v) is 25.7. The van der Waals surface area contributed by atoms with Gasteiger partial charge >= 0.3 is 0 Å². The van der Waals surface area contributed by atoms with Gasteiger partial charge in [-0.05, 0) is 48.2 Å². The number of benzene rings is 3. The molecule has 0 saturated carbocycles. The Morgan fingerprint density at radius 1 is 0.929 bits per heavy atom. The lowest BCUT2D eigenvalue weighted by Gasteiger charge is -2.32. The van der Waals surface area contributed by atoms with Crippen LogP contribution >= 0.6 is 23.2 Å². The fraction of sp³-hybridized carbons (Fsp3) is 0.333. The summed E-state index contributed by atoms with van der Waals surface area (Å²) >= 11 is 12.3. The summed E-state index contributed by atoms with van der Waals surface area (Å²) in [5, 5.41) is 3.53. The number of hydrogen-bond acceptors (Lipinski definition) is 4. The molecule has 0 unspecified atom stereocenters. The highest BCUT2D eigenvalue weighted by atomic mass is 35.5. The number of halogens is 4. The molecule has 3 aromatic rings. The Bertz CT molecular complexity index is 1490. The van der Waals surface area contributed by atoms with Crippen molar-refractivity contribution in [2.45, 2.75) is 45.2 Å². The van der Waals surface area contributed by atoms with E-state index < -0.39 is 33.6 Å². The Hall–Kier alpha value is -3.21. The first kappa shape index (κ1) is 33.3. The summed E-state index contributed by atoms with van der Waals surface area (Å²) in [4.78, 5) is 28.7. The van der Waals surface area contributed by atoms with E-state index in [0.29, 0.717) is 28.6 Å². The van der Waals surface area contributed by atoms with E-state index in [9.17, 15) is 26.8 Å². The molecule has 0 aliphatic carbocycles. The molecule has 1 N–H and O–H groups in total. The minimum absolute atomic E-state index is 0.0474. The van der Waals surface area contributed by atoms with Gasteiger partial charge in [-0.3, -0.25) is 13.9 Å². The van der Waals surface area contributed by atoms with Gasteiger partial charge in [0.1, 0.15) is 6.04 Å². The number of nitrogens with zero attached hydrogens (tertiary/aromatic N) is 2. The zero-order chi connectivity index (χ0) is 30.9. The lowest BCUT2D eigenvalue weighted by Crippen LogP contribution is -2.50. The first-order chi connectivity index (χ1) is 19.9. The fourth-order valence-electron chi connectivity index (χ4n) is 4.40. The Labute approximate surface area is 255 Å². The van der Waals surface area contributed by atoms with E-state index in [-0.39, 0.29) is 43.9 Å². The number of anilines is 1. The van der Waals surface area contributed by atoms with E-state index >= 15 is 0 Å². The number of rotatable bonds is 14. The second-order valence-corrected chi connectivity index (χ2v) is 12.5. The summed E-state index contributed by atoms with van der Waals surface area (Å²) in [7, 11) is -3.88. The molecular formula is C30H33Cl2F2N3O4S. The molecule has 0 saturated heterocycles. The van der Waals surface area contributed by atoms with E-state index in [0.717, 1.165) is 34.3 Å². The Balaban J connectivity index is 1.90. The van der Waals surface area contributed by atoms with Crippen molar-refractivity contribution in [2.75, 3.05) is 23.7 Å². The lowest BCUT2D eigenvalue weighted by molar-refractivity contribution is -0.141. The van der Waals surface area contributed by atoms with E-state index in [2.05, 4.69) is 5.32 Å². The van der Waals surface area contributed by atoms with E-state index in [1.54, 1.807) is 18.2 Å². The van der Waals surface area contributed by atoms with Crippen LogP contribution in [0.2, 0.25) is 10.0 Å². The second-order valence-electron chi connectivity index (χ2n) is 9.80. The number of carbonyl (C=O) groups is 2. The van der Waals surface area contributed by atoms with Gasteiger partial charge in [0.15, 0.2) is 11.6 Å². The molecule has 7 nitrogen and oxygen atoms in total. The highest BCUT2D eigenvalue weighted by Gasteiger charge is 2.30. The third-order valence-electron chi connectivity index (χ3n) is 6.50. The molecule has 0 heterocycles. The molecule has 3 rings (SSSR count). The number of amides is 2. The summed E-state index contributed by atoms with van der Waals surface area (Å²) in [6.07, 6.45) is 1.82. The van der Waals surface area contributed by atoms with Gasteiger partial charge in [-0.2, -0.15) is 0 Å². The number of nitrogens with one attached hydrogen (secondary N) is 1. The fourth-order valence-corrected chi connectivity index (χ4v) is 5.68. The first-order valence-corrected chi connectivity index (χ1v) is 16.0. The van der Waals surface area contributed by atoms with Gasteiger partial charge in [0.2, 0.25) is 21.8 Å². The molecule has 42 heavy (non-hydrogen) atoms. The quantitative estimate of drug-likeness (QED) is 0.235. The van der Waals surface area contributed by atoms with Crippen molar-refractivity contribution in [3.05, 3.63) is 99.5 Å². The van der Waals surface area contributed by atoms with Crippen LogP contribution in [-0.2, 0) is 32.6 Å². The van der Waals surface area contributed by atoms with Crippen molar-refractivity contribution < 1.29 is 26.8 Å². The van der Waals surface area contributed by atoms with Crippen LogP contribution in [-0.4, -0.2) is 50.5 Å². The second kappa shape index (κ2) is 15.3. The van der Waals surface area contributed by atoms with Crippen molar-refractivity contribution in [1.29, 1.82) is 0 Å². The zero-order valence-electron chi connectivity index (χ0n) is 23.3. The van der Waals surface area contributed by atoms with E-state index in [1.165, 1.54) is 4.90 Å². The van der Waals surface area contributed by atoms with Gasteiger partial charge in [-0.25, -0.2) is 17.2 Å². The summed E-state index contributed by atoms with van der Waals surface area (Å²) < 4.78 is 53.2. The van der Waals surface area contributed by atoms with Crippen molar-refractivity contribution >= 4 is 50.7 Å². The first-order valence-electron chi connectivity index (χ1n) is 13.4. The van der Waals surface area contributed by atoms with Gasteiger partial charge in [-0.15, -0.1) is 0 Å². The van der Waals surface area contributed by atoms with Crippen molar-refractivity contribution in [3.63, 3.8) is 0 Å². The molecule has 0 spiro atoms. The van der Waals surface area contributed by atoms with Crippen molar-refractivity contribution in [2.24, 2.45) is 0 Å². The average molecular weight is 641 g/mol. The molecule has 12 heteroatoms. The van der Waals surface area contributed by atoms with E-state index in [4.69, 9.17) is 23.2 Å². The van der Waals surface area contributed by atoms with Crippen LogP contribution in [0, 0.1) is 11.6 Å².